The van der Waals surface area contributed by atoms with Crippen LogP contribution < -0.4 is 5.32 Å². The fraction of sp³-hybridized carbons (Fsp3) is 0.519. The smallest absolute Gasteiger partial charge is 0.243 e. The normalized spacial score (nSPS) is 22.3. The summed E-state index contributed by atoms with van der Waals surface area (Å²) in [7, 11) is -7.22. The number of carbonyl (C=O) groups is 1. The van der Waals surface area contributed by atoms with Gasteiger partial charge in [0.25, 0.3) is 0 Å². The number of carbonyl (C=O) groups excluding carboxylic acids is 1. The van der Waals surface area contributed by atoms with Gasteiger partial charge in [0.2, 0.25) is 20.0 Å². The van der Waals surface area contributed by atoms with Gasteiger partial charge >= 0.3 is 0 Å². The SMILES string of the molecule is CC1CC(C)CN(S(=O)(=O)c2cccc(C(=O)CNc3ccc(S(=O)(=O)N4CCCCCC4)cc3)c2)C1. The topological polar surface area (TPSA) is 104 Å². The average molecular weight is 548 g/mol. The molecule has 0 bridgehead atoms. The van der Waals surface area contributed by atoms with Crippen LogP contribution in [0, 0.1) is 11.8 Å². The number of anilines is 1. The van der Waals surface area contributed by atoms with Gasteiger partial charge in [0.05, 0.1) is 16.3 Å². The van der Waals surface area contributed by atoms with E-state index in [4.69, 9.17) is 0 Å². The maximum atomic E-state index is 13.2. The van der Waals surface area contributed by atoms with Gasteiger partial charge in [-0.25, -0.2) is 16.8 Å². The maximum absolute atomic E-state index is 13.2. The summed E-state index contributed by atoms with van der Waals surface area (Å²) in [5.74, 6) is 0.329. The molecule has 4 rings (SSSR count). The highest BCUT2D eigenvalue weighted by molar-refractivity contribution is 7.89. The number of sulfonamides is 2. The van der Waals surface area contributed by atoms with E-state index in [1.807, 2.05) is 0 Å². The second-order valence-electron chi connectivity index (χ2n) is 10.4. The lowest BCUT2D eigenvalue weighted by atomic mass is 9.94. The summed E-state index contributed by atoms with van der Waals surface area (Å²) < 4.78 is 55.5. The van der Waals surface area contributed by atoms with Crippen molar-refractivity contribution in [1.29, 1.82) is 0 Å². The number of benzene rings is 2. The minimum absolute atomic E-state index is 0.0422. The fourth-order valence-electron chi connectivity index (χ4n) is 5.24. The molecule has 0 radical (unpaired) electrons. The van der Waals surface area contributed by atoms with E-state index in [0.29, 0.717) is 49.3 Å². The Labute approximate surface area is 221 Å². The maximum Gasteiger partial charge on any atom is 0.243 e. The zero-order valence-corrected chi connectivity index (χ0v) is 23.2. The highest BCUT2D eigenvalue weighted by atomic mass is 32.2. The van der Waals surface area contributed by atoms with Crippen LogP contribution in [0.4, 0.5) is 5.69 Å². The number of hydrogen-bond acceptors (Lipinski definition) is 6. The Bertz CT molecular complexity index is 1290. The Kier molecular flexibility index (Phi) is 8.73. The van der Waals surface area contributed by atoms with E-state index in [2.05, 4.69) is 19.2 Å². The molecule has 8 nitrogen and oxygen atoms in total. The van der Waals surface area contributed by atoms with Crippen molar-refractivity contribution in [2.75, 3.05) is 38.0 Å². The Morgan fingerprint density at radius 2 is 1.41 bits per heavy atom. The van der Waals surface area contributed by atoms with Crippen LogP contribution in [0.25, 0.3) is 0 Å². The van der Waals surface area contributed by atoms with E-state index in [-0.39, 0.29) is 22.1 Å². The number of ketones is 1. The molecule has 2 heterocycles. The van der Waals surface area contributed by atoms with Crippen LogP contribution in [-0.2, 0) is 20.0 Å². The second-order valence-corrected chi connectivity index (χ2v) is 14.3. The highest BCUT2D eigenvalue weighted by Gasteiger charge is 2.32. The van der Waals surface area contributed by atoms with Crippen LogP contribution in [0.2, 0.25) is 0 Å². The summed E-state index contributed by atoms with van der Waals surface area (Å²) >= 11 is 0. The van der Waals surface area contributed by atoms with Gasteiger partial charge in [-0.05, 0) is 67.5 Å². The number of nitrogens with zero attached hydrogens (tertiary/aromatic N) is 2. The summed E-state index contributed by atoms with van der Waals surface area (Å²) in [5, 5.41) is 3.03. The Balaban J connectivity index is 1.40. The van der Waals surface area contributed by atoms with Crippen molar-refractivity contribution in [3.05, 3.63) is 54.1 Å². The number of nitrogens with one attached hydrogen (secondary N) is 1. The molecule has 2 aliphatic heterocycles. The monoisotopic (exact) mass is 547 g/mol. The summed E-state index contributed by atoms with van der Waals surface area (Å²) in [5.41, 5.74) is 0.926. The first-order valence-electron chi connectivity index (χ1n) is 13.0. The van der Waals surface area contributed by atoms with Crippen molar-refractivity contribution in [2.24, 2.45) is 11.8 Å². The molecule has 2 aromatic rings. The largest absolute Gasteiger partial charge is 0.378 e. The Morgan fingerprint density at radius 1 is 0.811 bits per heavy atom. The van der Waals surface area contributed by atoms with Crippen LogP contribution in [0.1, 0.15) is 56.3 Å². The summed E-state index contributed by atoms with van der Waals surface area (Å²) in [4.78, 5) is 13.2. The lowest BCUT2D eigenvalue weighted by Crippen LogP contribution is -2.42. The molecule has 0 aromatic heterocycles. The van der Waals surface area contributed by atoms with E-state index in [1.165, 1.54) is 16.4 Å². The first-order valence-corrected chi connectivity index (χ1v) is 15.9. The van der Waals surface area contributed by atoms with Crippen molar-refractivity contribution in [1.82, 2.24) is 8.61 Å². The highest BCUT2D eigenvalue weighted by Crippen LogP contribution is 2.27. The Morgan fingerprint density at radius 3 is 2.03 bits per heavy atom. The average Bonchev–Trinajstić information content (AvgIpc) is 3.17. The molecular weight excluding hydrogens is 510 g/mol. The molecule has 0 aliphatic carbocycles. The van der Waals surface area contributed by atoms with E-state index in [0.717, 1.165) is 32.1 Å². The van der Waals surface area contributed by atoms with Gasteiger partial charge in [-0.15, -0.1) is 0 Å². The van der Waals surface area contributed by atoms with Gasteiger partial charge < -0.3 is 5.32 Å². The predicted octanol–water partition coefficient (Wildman–Crippen LogP) is 4.21. The molecular formula is C27H37N3O5S2. The molecule has 0 amide bonds. The van der Waals surface area contributed by atoms with Crippen LogP contribution in [0.5, 0.6) is 0 Å². The number of hydrogen-bond donors (Lipinski definition) is 1. The molecule has 2 aromatic carbocycles. The first-order chi connectivity index (χ1) is 17.6. The van der Waals surface area contributed by atoms with Crippen LogP contribution in [0.15, 0.2) is 58.3 Å². The quantitative estimate of drug-likeness (QED) is 0.497. The third-order valence-corrected chi connectivity index (χ3v) is 10.9. The van der Waals surface area contributed by atoms with Crippen LogP contribution in [0.3, 0.4) is 0 Å². The zero-order chi connectivity index (χ0) is 26.6. The van der Waals surface area contributed by atoms with Gasteiger partial charge in [0.15, 0.2) is 5.78 Å². The van der Waals surface area contributed by atoms with Crippen molar-refractivity contribution >= 4 is 31.5 Å². The molecule has 37 heavy (non-hydrogen) atoms. The molecule has 1 N–H and O–H groups in total. The van der Waals surface area contributed by atoms with E-state index in [9.17, 15) is 21.6 Å². The lowest BCUT2D eigenvalue weighted by molar-refractivity contribution is 0.101. The van der Waals surface area contributed by atoms with Gasteiger partial charge in [-0.2, -0.15) is 8.61 Å². The molecule has 2 aliphatic rings. The van der Waals surface area contributed by atoms with Crippen molar-refractivity contribution < 1.29 is 21.6 Å². The number of Topliss-reactive ketones (excluding diaryl/α,β-unsaturated/α-hetero) is 1. The lowest BCUT2D eigenvalue weighted by Gasteiger charge is -2.34. The minimum Gasteiger partial charge on any atom is -0.378 e. The summed E-state index contributed by atoms with van der Waals surface area (Å²) in [6, 6.07) is 12.6. The molecule has 2 atom stereocenters. The third kappa shape index (κ3) is 6.60. The van der Waals surface area contributed by atoms with Crippen molar-refractivity contribution in [3.63, 3.8) is 0 Å². The van der Waals surface area contributed by atoms with Gasteiger partial charge in [-0.1, -0.05) is 38.8 Å². The van der Waals surface area contributed by atoms with Gasteiger partial charge in [0, 0.05) is 37.4 Å². The van der Waals surface area contributed by atoms with E-state index >= 15 is 0 Å². The number of piperidine rings is 1. The molecule has 2 fully saturated rings. The minimum atomic E-state index is -3.68. The molecule has 10 heteroatoms. The van der Waals surface area contributed by atoms with Crippen LogP contribution in [-0.4, -0.2) is 64.0 Å². The molecule has 2 saturated heterocycles. The van der Waals surface area contributed by atoms with Gasteiger partial charge in [-0.3, -0.25) is 4.79 Å². The number of rotatable bonds is 8. The summed E-state index contributed by atoms with van der Waals surface area (Å²) in [6.07, 6.45) is 4.85. The second kappa shape index (κ2) is 11.6. The molecule has 0 spiro atoms. The van der Waals surface area contributed by atoms with Crippen molar-refractivity contribution in [3.8, 4) is 0 Å². The fourth-order valence-corrected chi connectivity index (χ4v) is 8.48. The van der Waals surface area contributed by atoms with Crippen LogP contribution >= 0.6 is 0 Å². The molecule has 202 valence electrons. The summed E-state index contributed by atoms with van der Waals surface area (Å²) in [6.45, 7) is 6.12. The standard InChI is InChI=1S/C27H37N3O5S2/c1-21-16-22(2)20-30(19-21)37(34,35)26-9-7-8-23(17-26)27(31)18-28-24-10-12-25(13-11-24)36(32,33)29-14-5-3-4-6-15-29/h7-13,17,21-22,28H,3-6,14-16,18-20H2,1-2H3. The zero-order valence-electron chi connectivity index (χ0n) is 21.6. The van der Waals surface area contributed by atoms with E-state index < -0.39 is 20.0 Å². The third-order valence-electron chi connectivity index (χ3n) is 7.14. The van der Waals surface area contributed by atoms with Crippen molar-refractivity contribution in [2.45, 2.75) is 55.7 Å². The predicted molar refractivity (Wildman–Crippen MR) is 145 cm³/mol. The first kappa shape index (κ1) is 27.8. The van der Waals surface area contributed by atoms with E-state index in [1.54, 1.807) is 40.7 Å². The molecule has 0 saturated carbocycles. The molecule has 2 unspecified atom stereocenters. The van der Waals surface area contributed by atoms with Gasteiger partial charge in [0.1, 0.15) is 0 Å². The Hall–Kier alpha value is -2.27.